The van der Waals surface area contributed by atoms with E-state index in [1.54, 1.807) is 24.7 Å². The predicted octanol–water partition coefficient (Wildman–Crippen LogP) is 3.84. The maximum absolute atomic E-state index is 13.1. The fourth-order valence-electron chi connectivity index (χ4n) is 2.84. The van der Waals surface area contributed by atoms with Gasteiger partial charge in [0.1, 0.15) is 11.5 Å². The Bertz CT molecular complexity index is 905. The summed E-state index contributed by atoms with van der Waals surface area (Å²) in [6.07, 6.45) is -0.584. The maximum Gasteiger partial charge on any atom is 0.586 e. The Labute approximate surface area is 158 Å². The van der Waals surface area contributed by atoms with E-state index in [2.05, 4.69) is 14.8 Å². The van der Waals surface area contributed by atoms with Crippen LogP contribution >= 0.6 is 0 Å². The van der Waals surface area contributed by atoms with Crippen LogP contribution in [0.3, 0.4) is 0 Å². The zero-order valence-electron chi connectivity index (χ0n) is 14.6. The van der Waals surface area contributed by atoms with E-state index < -0.39 is 6.29 Å². The number of hydrogen-bond acceptors (Lipinski definition) is 6. The highest BCUT2D eigenvalue weighted by atomic mass is 19.3. The molecule has 146 valence electrons. The summed E-state index contributed by atoms with van der Waals surface area (Å²) in [4.78, 5) is 14.3. The molecule has 1 aliphatic heterocycles. The smallest absolute Gasteiger partial charge is 0.468 e. The van der Waals surface area contributed by atoms with E-state index >= 15 is 0 Å². The fraction of sp³-hybridized carbons (Fsp3) is 0.211. The second-order valence-electron chi connectivity index (χ2n) is 6.18. The molecule has 0 fully saturated rings. The average molecular weight is 390 g/mol. The lowest BCUT2D eigenvalue weighted by molar-refractivity contribution is -0.286. The van der Waals surface area contributed by atoms with E-state index in [0.29, 0.717) is 30.3 Å². The molecular formula is C19H16F2N2O5. The number of carbonyl (C=O) groups excluding carboxylic acids is 1. The number of nitrogens with zero attached hydrogens (tertiary/aromatic N) is 1. The van der Waals surface area contributed by atoms with Crippen LogP contribution in [0.15, 0.2) is 63.8 Å². The van der Waals surface area contributed by atoms with Crippen molar-refractivity contribution in [2.24, 2.45) is 0 Å². The lowest BCUT2D eigenvalue weighted by atomic mass is 10.2. The molecule has 7 nitrogen and oxygen atoms in total. The van der Waals surface area contributed by atoms with Crippen LogP contribution < -0.4 is 14.8 Å². The van der Waals surface area contributed by atoms with Crippen molar-refractivity contribution in [3.63, 3.8) is 0 Å². The standard InChI is InChI=1S/C19H16F2N2O5/c20-19(21)27-16-6-5-13(9-17(16)28-19)22-18(24)12-23(10-14-3-1-7-25-14)11-15-4-2-8-26-15/h1-9H,10-12H2,(H,22,24). The molecule has 0 saturated heterocycles. The molecule has 0 spiro atoms. The van der Waals surface area contributed by atoms with Gasteiger partial charge in [-0.2, -0.15) is 0 Å². The number of carbonyl (C=O) groups is 1. The first-order valence-corrected chi connectivity index (χ1v) is 8.44. The van der Waals surface area contributed by atoms with Crippen molar-refractivity contribution >= 4 is 11.6 Å². The van der Waals surface area contributed by atoms with Crippen LogP contribution in [0.5, 0.6) is 11.5 Å². The van der Waals surface area contributed by atoms with Gasteiger partial charge in [0.05, 0.1) is 32.2 Å². The van der Waals surface area contributed by atoms with Gasteiger partial charge < -0.3 is 23.6 Å². The minimum absolute atomic E-state index is 0.0337. The van der Waals surface area contributed by atoms with Crippen molar-refractivity contribution in [3.05, 3.63) is 66.5 Å². The van der Waals surface area contributed by atoms with E-state index in [1.165, 1.54) is 18.2 Å². The number of anilines is 1. The Morgan fingerprint density at radius 3 is 2.21 bits per heavy atom. The van der Waals surface area contributed by atoms with Crippen LogP contribution in [0.25, 0.3) is 0 Å². The van der Waals surface area contributed by atoms with Gasteiger partial charge in [-0.3, -0.25) is 9.69 Å². The number of fused-ring (bicyclic) bond motifs is 1. The number of halogens is 2. The number of furan rings is 2. The lowest BCUT2D eigenvalue weighted by Crippen LogP contribution is -2.32. The molecule has 3 aromatic rings. The molecule has 0 radical (unpaired) electrons. The molecule has 3 heterocycles. The lowest BCUT2D eigenvalue weighted by Gasteiger charge is -2.19. The summed E-state index contributed by atoms with van der Waals surface area (Å²) in [6.45, 7) is 0.828. The third-order valence-electron chi connectivity index (χ3n) is 3.97. The van der Waals surface area contributed by atoms with Gasteiger partial charge in [-0.1, -0.05) is 0 Å². The zero-order chi connectivity index (χ0) is 19.6. The SMILES string of the molecule is O=C(CN(Cc1ccco1)Cc1ccco1)Nc1ccc2c(c1)OC(F)(F)O2. The average Bonchev–Trinajstić information content (AvgIpc) is 3.35. The number of ether oxygens (including phenoxy) is 2. The van der Waals surface area contributed by atoms with Crippen molar-refractivity contribution in [3.8, 4) is 11.5 Å². The van der Waals surface area contributed by atoms with E-state index in [4.69, 9.17) is 8.83 Å². The van der Waals surface area contributed by atoms with E-state index in [1.807, 2.05) is 17.0 Å². The molecule has 1 aliphatic rings. The first-order chi connectivity index (χ1) is 13.5. The Morgan fingerprint density at radius 2 is 1.61 bits per heavy atom. The summed E-state index contributed by atoms with van der Waals surface area (Å²) in [5.74, 6) is 0.851. The Morgan fingerprint density at radius 1 is 0.964 bits per heavy atom. The summed E-state index contributed by atoms with van der Waals surface area (Å²) in [5, 5.41) is 2.67. The molecule has 0 bridgehead atoms. The number of rotatable bonds is 7. The Hall–Kier alpha value is -3.33. The zero-order valence-corrected chi connectivity index (χ0v) is 14.6. The predicted molar refractivity (Wildman–Crippen MR) is 92.8 cm³/mol. The summed E-state index contributed by atoms with van der Waals surface area (Å²) >= 11 is 0. The molecule has 9 heteroatoms. The number of hydrogen-bond donors (Lipinski definition) is 1. The Kier molecular flexibility index (Phi) is 4.74. The van der Waals surface area contributed by atoms with Gasteiger partial charge in [0.2, 0.25) is 5.91 Å². The summed E-state index contributed by atoms with van der Waals surface area (Å²) in [6, 6.07) is 11.2. The van der Waals surface area contributed by atoms with Crippen molar-refractivity contribution in [1.29, 1.82) is 0 Å². The normalized spacial score (nSPS) is 14.4. The summed E-state index contributed by atoms with van der Waals surface area (Å²) < 4.78 is 45.6. The van der Waals surface area contributed by atoms with Gasteiger partial charge in [0.15, 0.2) is 11.5 Å². The van der Waals surface area contributed by atoms with Gasteiger partial charge in [-0.15, -0.1) is 8.78 Å². The molecule has 0 saturated carbocycles. The molecule has 0 aliphatic carbocycles. The minimum Gasteiger partial charge on any atom is -0.468 e. The van der Waals surface area contributed by atoms with Crippen LogP contribution in [-0.4, -0.2) is 23.6 Å². The molecule has 1 N–H and O–H groups in total. The topological polar surface area (TPSA) is 77.1 Å². The van der Waals surface area contributed by atoms with Crippen molar-refractivity contribution in [2.45, 2.75) is 19.4 Å². The van der Waals surface area contributed by atoms with Crippen LogP contribution in [0.4, 0.5) is 14.5 Å². The molecule has 2 aromatic heterocycles. The van der Waals surface area contributed by atoms with Gasteiger partial charge in [-0.05, 0) is 36.4 Å². The van der Waals surface area contributed by atoms with Gasteiger partial charge in [0.25, 0.3) is 0 Å². The van der Waals surface area contributed by atoms with E-state index in [-0.39, 0.29) is 24.0 Å². The molecule has 1 aromatic carbocycles. The van der Waals surface area contributed by atoms with E-state index in [0.717, 1.165) is 0 Å². The summed E-state index contributed by atoms with van der Waals surface area (Å²) in [5.41, 5.74) is 0.320. The minimum atomic E-state index is -3.70. The highest BCUT2D eigenvalue weighted by molar-refractivity contribution is 5.92. The number of benzene rings is 1. The third-order valence-corrected chi connectivity index (χ3v) is 3.97. The number of nitrogens with one attached hydrogen (secondary N) is 1. The molecular weight excluding hydrogens is 374 g/mol. The second kappa shape index (κ2) is 7.35. The molecule has 0 unspecified atom stereocenters. The van der Waals surface area contributed by atoms with Crippen LogP contribution in [-0.2, 0) is 17.9 Å². The first kappa shape index (κ1) is 18.1. The van der Waals surface area contributed by atoms with Gasteiger partial charge >= 0.3 is 6.29 Å². The van der Waals surface area contributed by atoms with Crippen molar-refractivity contribution in [1.82, 2.24) is 4.90 Å². The largest absolute Gasteiger partial charge is 0.586 e. The molecule has 28 heavy (non-hydrogen) atoms. The maximum atomic E-state index is 13.1. The van der Waals surface area contributed by atoms with Gasteiger partial charge in [-0.25, -0.2) is 0 Å². The fourth-order valence-corrected chi connectivity index (χ4v) is 2.84. The summed E-state index contributed by atoms with van der Waals surface area (Å²) in [7, 11) is 0. The monoisotopic (exact) mass is 390 g/mol. The van der Waals surface area contributed by atoms with Crippen LogP contribution in [0.2, 0.25) is 0 Å². The number of alkyl halides is 2. The Balaban J connectivity index is 1.41. The van der Waals surface area contributed by atoms with Gasteiger partial charge in [0, 0.05) is 11.8 Å². The molecule has 1 amide bonds. The number of amides is 1. The highest BCUT2D eigenvalue weighted by Gasteiger charge is 2.43. The van der Waals surface area contributed by atoms with Crippen LogP contribution in [0.1, 0.15) is 11.5 Å². The molecule has 4 rings (SSSR count). The quantitative estimate of drug-likeness (QED) is 0.661. The van der Waals surface area contributed by atoms with Crippen molar-refractivity contribution in [2.75, 3.05) is 11.9 Å². The van der Waals surface area contributed by atoms with Crippen molar-refractivity contribution < 1.29 is 31.9 Å². The van der Waals surface area contributed by atoms with Crippen LogP contribution in [0, 0.1) is 0 Å². The van der Waals surface area contributed by atoms with E-state index in [9.17, 15) is 13.6 Å². The highest BCUT2D eigenvalue weighted by Crippen LogP contribution is 2.42. The third kappa shape index (κ3) is 4.32. The molecule has 0 atom stereocenters. The first-order valence-electron chi connectivity index (χ1n) is 8.44. The second-order valence-corrected chi connectivity index (χ2v) is 6.18.